The molecule has 0 saturated heterocycles. The summed E-state index contributed by atoms with van der Waals surface area (Å²) < 4.78 is 9.25. The standard InChI is InChI=1S/C26H21N3O3.C2H4O2.Cu/c1-17-22(26(31)29(28(17)2)19-13-7-4-8-14-19)27-23-20-15-9-10-16-21(20)32-25(24(23)30)18-11-5-3-6-12-18;1-2(3)4;/h3-16,30H,1-2H3;1H3,(H,3,4);/q;;+2/p-2. The third-order valence-electron chi connectivity index (χ3n) is 5.56. The van der Waals surface area contributed by atoms with Crippen molar-refractivity contribution < 1.29 is 36.5 Å². The first-order valence-corrected chi connectivity index (χ1v) is 11.1. The van der Waals surface area contributed by atoms with E-state index in [9.17, 15) is 9.90 Å². The number of carbonyl (C=O) groups excluding carboxylic acids is 1. The van der Waals surface area contributed by atoms with Gasteiger partial charge >= 0.3 is 17.1 Å². The molecule has 1 radical (unpaired) electrons. The first-order chi connectivity index (χ1) is 17.3. The molecule has 0 spiro atoms. The summed E-state index contributed by atoms with van der Waals surface area (Å²) in [5.41, 5.74) is 2.51. The smallest absolute Gasteiger partial charge is 0.868 e. The third kappa shape index (κ3) is 5.58. The first-order valence-electron chi connectivity index (χ1n) is 11.1. The van der Waals surface area contributed by atoms with E-state index >= 15 is 0 Å². The summed E-state index contributed by atoms with van der Waals surface area (Å²) in [6.45, 7) is 2.79. The van der Waals surface area contributed by atoms with Crippen LogP contribution >= 0.6 is 0 Å². The van der Waals surface area contributed by atoms with E-state index in [4.69, 9.17) is 14.3 Å². The molecule has 191 valence electrons. The van der Waals surface area contributed by atoms with Gasteiger partial charge in [0.1, 0.15) is 11.3 Å². The summed E-state index contributed by atoms with van der Waals surface area (Å²) in [7, 11) is 1.80. The number of carboxylic acids is 1. The van der Waals surface area contributed by atoms with E-state index in [0.717, 1.165) is 12.6 Å². The van der Waals surface area contributed by atoms with Crippen LogP contribution in [0.15, 0.2) is 99.1 Å². The molecule has 9 heteroatoms. The molecular formula is C28H23CuN3O5. The van der Waals surface area contributed by atoms with Crippen LogP contribution < -0.4 is 21.1 Å². The molecular weight excluding hydrogens is 522 g/mol. The summed E-state index contributed by atoms with van der Waals surface area (Å²) in [4.78, 5) is 26.9. The van der Waals surface area contributed by atoms with Crippen LogP contribution in [0.25, 0.3) is 28.0 Å². The van der Waals surface area contributed by atoms with Crippen molar-refractivity contribution in [3.8, 4) is 22.8 Å². The first kappa shape index (κ1) is 27.3. The van der Waals surface area contributed by atoms with Gasteiger partial charge in [0.15, 0.2) is 5.69 Å². The Morgan fingerprint density at radius 1 is 0.919 bits per heavy atom. The Morgan fingerprint density at radius 3 is 2.08 bits per heavy atom. The normalized spacial score (nSPS) is 10.9. The van der Waals surface area contributed by atoms with Crippen molar-refractivity contribution in [1.82, 2.24) is 9.36 Å². The van der Waals surface area contributed by atoms with E-state index in [0.29, 0.717) is 22.2 Å². The van der Waals surface area contributed by atoms with Gasteiger partial charge in [-0.2, -0.15) is 0 Å². The van der Waals surface area contributed by atoms with Crippen LogP contribution in [0.4, 0.5) is 5.69 Å². The number of benzene rings is 3. The van der Waals surface area contributed by atoms with E-state index in [1.54, 1.807) is 28.5 Å². The minimum atomic E-state index is -1.08. The van der Waals surface area contributed by atoms with Crippen LogP contribution in [0, 0.1) is 6.92 Å². The van der Waals surface area contributed by atoms with Gasteiger partial charge in [-0.25, -0.2) is 9.67 Å². The Bertz CT molecular complexity index is 1670. The number of rotatable bonds is 3. The number of carbonyl (C=O) groups is 1. The number of para-hydroxylation sites is 2. The van der Waals surface area contributed by atoms with Crippen molar-refractivity contribution >= 4 is 22.6 Å². The van der Waals surface area contributed by atoms with Crippen LogP contribution in [0.1, 0.15) is 12.6 Å². The van der Waals surface area contributed by atoms with Gasteiger partial charge in [0, 0.05) is 24.0 Å². The predicted molar refractivity (Wildman–Crippen MR) is 133 cm³/mol. The quantitative estimate of drug-likeness (QED) is 0.324. The molecule has 8 nitrogen and oxygen atoms in total. The second-order valence-corrected chi connectivity index (χ2v) is 7.98. The second kappa shape index (κ2) is 11.6. The topological polar surface area (TPSA) is 116 Å². The van der Waals surface area contributed by atoms with Crippen LogP contribution in [0.3, 0.4) is 0 Å². The van der Waals surface area contributed by atoms with Crippen molar-refractivity contribution in [1.29, 1.82) is 0 Å². The molecule has 0 amide bonds. The molecule has 0 aliphatic carbocycles. The summed E-state index contributed by atoms with van der Waals surface area (Å²) in [6, 6.07) is 25.8. The number of carboxylic acid groups (broad SMARTS) is 1. The Hall–Kier alpha value is -4.33. The number of aliphatic carboxylic acids is 1. The molecule has 0 atom stereocenters. The minimum Gasteiger partial charge on any atom is -0.868 e. The maximum atomic E-state index is 13.5. The van der Waals surface area contributed by atoms with E-state index in [-0.39, 0.29) is 45.2 Å². The van der Waals surface area contributed by atoms with Crippen molar-refractivity contribution in [2.45, 2.75) is 13.8 Å². The Labute approximate surface area is 223 Å². The number of fused-ring (bicyclic) bond motifs is 1. The molecule has 2 heterocycles. The van der Waals surface area contributed by atoms with Gasteiger partial charge in [0.2, 0.25) is 0 Å². The Kier molecular flexibility index (Phi) is 8.55. The monoisotopic (exact) mass is 544 g/mol. The molecule has 0 fully saturated rings. The predicted octanol–water partition coefficient (Wildman–Crippen LogP) is 2.96. The molecule has 0 saturated carbocycles. The minimum absolute atomic E-state index is 0. The maximum Gasteiger partial charge on any atom is 2.00 e. The van der Waals surface area contributed by atoms with E-state index < -0.39 is 5.97 Å². The number of aromatic nitrogens is 2. The van der Waals surface area contributed by atoms with Crippen molar-refractivity contribution in [2.75, 3.05) is 0 Å². The fourth-order valence-electron chi connectivity index (χ4n) is 3.82. The van der Waals surface area contributed by atoms with Gasteiger partial charge < -0.3 is 19.4 Å². The molecule has 0 N–H and O–H groups in total. The van der Waals surface area contributed by atoms with Gasteiger partial charge in [-0.15, -0.1) is 0 Å². The van der Waals surface area contributed by atoms with Crippen LogP contribution in [-0.4, -0.2) is 15.3 Å². The molecule has 0 aliphatic rings. The summed E-state index contributed by atoms with van der Waals surface area (Å²) in [5.74, 6) is -1.25. The van der Waals surface area contributed by atoms with E-state index in [1.807, 2.05) is 79.7 Å². The third-order valence-corrected chi connectivity index (χ3v) is 5.56. The second-order valence-electron chi connectivity index (χ2n) is 7.98. The average Bonchev–Trinajstić information content (AvgIpc) is 3.09. The van der Waals surface area contributed by atoms with Gasteiger partial charge in [-0.3, -0.25) is 9.48 Å². The van der Waals surface area contributed by atoms with Gasteiger partial charge in [0.25, 0.3) is 5.56 Å². The number of hydrogen-bond donors (Lipinski definition) is 0. The van der Waals surface area contributed by atoms with Gasteiger partial charge in [-0.05, 0) is 43.9 Å². The van der Waals surface area contributed by atoms with Crippen LogP contribution in [-0.2, 0) is 28.9 Å². The van der Waals surface area contributed by atoms with E-state index in [1.165, 1.54) is 0 Å². The molecule has 5 rings (SSSR count). The molecule has 0 aliphatic heterocycles. The van der Waals surface area contributed by atoms with Crippen molar-refractivity contribution in [3.05, 3.63) is 106 Å². The fourth-order valence-corrected chi connectivity index (χ4v) is 3.82. The van der Waals surface area contributed by atoms with Gasteiger partial charge in [0.05, 0.1) is 16.7 Å². The van der Waals surface area contributed by atoms with Gasteiger partial charge in [-0.1, -0.05) is 60.7 Å². The summed E-state index contributed by atoms with van der Waals surface area (Å²) in [5, 5.41) is 23.1. The fraction of sp³-hybridized carbons (Fsp3) is 0.107. The van der Waals surface area contributed by atoms with Crippen molar-refractivity contribution in [2.24, 2.45) is 12.0 Å². The SMILES string of the molecule is CC(=O)[O-].Cc1c(N=c2c([O-])c(-c3ccccc3)oc3ccccc23)c(=O)n(-c2ccccc2)n1C.[Cu+2]. The maximum absolute atomic E-state index is 13.5. The van der Waals surface area contributed by atoms with Crippen molar-refractivity contribution in [3.63, 3.8) is 0 Å². The summed E-state index contributed by atoms with van der Waals surface area (Å²) in [6.07, 6.45) is 0. The zero-order chi connectivity index (χ0) is 25.8. The van der Waals surface area contributed by atoms with Crippen LogP contribution in [0.2, 0.25) is 0 Å². The molecule has 3 aromatic carbocycles. The number of hydrogen-bond acceptors (Lipinski definition) is 6. The van der Waals surface area contributed by atoms with Crippen LogP contribution in [0.5, 0.6) is 5.75 Å². The zero-order valence-corrected chi connectivity index (χ0v) is 21.2. The molecule has 0 bridgehead atoms. The number of nitrogens with zero attached hydrogens (tertiary/aromatic N) is 3. The Balaban J connectivity index is 0.000000711. The molecule has 5 aromatic rings. The molecule has 37 heavy (non-hydrogen) atoms. The largest absolute Gasteiger partial charge is 2.00 e. The molecule has 0 unspecified atom stereocenters. The summed E-state index contributed by atoms with van der Waals surface area (Å²) >= 11 is 0. The Morgan fingerprint density at radius 2 is 1.46 bits per heavy atom. The molecule has 2 aromatic heterocycles. The average molecular weight is 545 g/mol. The zero-order valence-electron chi connectivity index (χ0n) is 20.3. The van der Waals surface area contributed by atoms with E-state index in [2.05, 4.69) is 4.99 Å².